The number of carbonyl (C=O) groups is 1. The third-order valence-electron chi connectivity index (χ3n) is 1.85. The number of benzene rings is 1. The van der Waals surface area contributed by atoms with E-state index in [-0.39, 0.29) is 22.7 Å². The molecular weight excluding hydrogens is 206 g/mol. The minimum atomic E-state index is -1.04. The quantitative estimate of drug-likeness (QED) is 0.723. The molecule has 1 aromatic carbocycles. The lowest BCUT2D eigenvalue weighted by Crippen LogP contribution is -2.07. The summed E-state index contributed by atoms with van der Waals surface area (Å²) >= 11 is 1.28. The Kier molecular flexibility index (Phi) is 3.63. The third kappa shape index (κ3) is 2.12. The Hall–Kier alpha value is -0.900. The summed E-state index contributed by atoms with van der Waals surface area (Å²) in [5, 5.41) is 0. The van der Waals surface area contributed by atoms with E-state index in [1.807, 2.05) is 0 Å². The summed E-state index contributed by atoms with van der Waals surface area (Å²) in [6, 6.07) is 2.73. The minimum Gasteiger partial charge on any atom is -0.293 e. The van der Waals surface area contributed by atoms with Crippen LogP contribution in [0.1, 0.15) is 15.9 Å². The fraction of sp³-hybridized carbons (Fsp3) is 0.300. The lowest BCUT2D eigenvalue weighted by molar-refractivity contribution is 0.101. The van der Waals surface area contributed by atoms with Gasteiger partial charge < -0.3 is 0 Å². The molecule has 0 unspecified atom stereocenters. The maximum atomic E-state index is 13.2. The Balaban J connectivity index is 3.11. The zero-order chi connectivity index (χ0) is 10.7. The van der Waals surface area contributed by atoms with Crippen LogP contribution in [-0.2, 0) is 0 Å². The summed E-state index contributed by atoms with van der Waals surface area (Å²) in [7, 11) is 0. The predicted octanol–water partition coefficient (Wildman–Crippen LogP) is 2.82. The Bertz CT molecular complexity index is 363. The first kappa shape index (κ1) is 11.2. The van der Waals surface area contributed by atoms with Gasteiger partial charge in [-0.3, -0.25) is 4.79 Å². The molecule has 14 heavy (non-hydrogen) atoms. The second-order valence-electron chi connectivity index (χ2n) is 2.91. The van der Waals surface area contributed by atoms with Gasteiger partial charge in [0.05, 0.1) is 11.3 Å². The highest BCUT2D eigenvalue weighted by atomic mass is 32.2. The molecule has 0 saturated carbocycles. The van der Waals surface area contributed by atoms with Crippen LogP contribution in [0.4, 0.5) is 8.78 Å². The Morgan fingerprint density at radius 2 is 2.00 bits per heavy atom. The molecule has 0 N–H and O–H groups in total. The topological polar surface area (TPSA) is 17.1 Å². The summed E-state index contributed by atoms with van der Waals surface area (Å²) in [6.07, 6.45) is 1.74. The number of aryl methyl sites for hydroxylation is 1. The molecule has 0 spiro atoms. The number of thioether (sulfide) groups is 1. The standard InChI is InChI=1S/C10H10F2OS/c1-6-3-4-7(8(13)5-14-2)10(12)9(6)11/h3-4H,5H2,1-2H3. The van der Waals surface area contributed by atoms with Crippen LogP contribution in [-0.4, -0.2) is 17.8 Å². The van der Waals surface area contributed by atoms with Gasteiger partial charge in [0.15, 0.2) is 17.4 Å². The SMILES string of the molecule is CSCC(=O)c1ccc(C)c(F)c1F. The fourth-order valence-electron chi connectivity index (χ4n) is 1.07. The van der Waals surface area contributed by atoms with Crippen molar-refractivity contribution < 1.29 is 13.6 Å². The first-order valence-corrected chi connectivity index (χ1v) is 5.44. The number of hydrogen-bond acceptors (Lipinski definition) is 2. The van der Waals surface area contributed by atoms with Crippen LogP contribution in [0.15, 0.2) is 12.1 Å². The molecule has 76 valence electrons. The molecule has 1 nitrogen and oxygen atoms in total. The molecule has 0 aliphatic rings. The van der Waals surface area contributed by atoms with Gasteiger partial charge in [-0.1, -0.05) is 6.07 Å². The van der Waals surface area contributed by atoms with Crippen molar-refractivity contribution in [3.05, 3.63) is 34.9 Å². The van der Waals surface area contributed by atoms with E-state index >= 15 is 0 Å². The van der Waals surface area contributed by atoms with Crippen LogP contribution in [0.3, 0.4) is 0 Å². The van der Waals surface area contributed by atoms with E-state index in [0.29, 0.717) is 0 Å². The molecular formula is C10H10F2OS. The van der Waals surface area contributed by atoms with E-state index < -0.39 is 11.6 Å². The molecule has 0 atom stereocenters. The smallest absolute Gasteiger partial charge is 0.175 e. The first-order valence-electron chi connectivity index (χ1n) is 4.04. The van der Waals surface area contributed by atoms with Gasteiger partial charge in [0.25, 0.3) is 0 Å². The normalized spacial score (nSPS) is 10.3. The second-order valence-corrected chi connectivity index (χ2v) is 3.78. The van der Waals surface area contributed by atoms with Crippen LogP contribution >= 0.6 is 11.8 Å². The summed E-state index contributed by atoms with van der Waals surface area (Å²) in [5.74, 6) is -2.19. The van der Waals surface area contributed by atoms with Crippen molar-refractivity contribution in [3.8, 4) is 0 Å². The first-order chi connectivity index (χ1) is 6.57. The van der Waals surface area contributed by atoms with E-state index in [2.05, 4.69) is 0 Å². The molecule has 0 amide bonds. The van der Waals surface area contributed by atoms with E-state index in [4.69, 9.17) is 0 Å². The second kappa shape index (κ2) is 4.55. The van der Waals surface area contributed by atoms with Crippen molar-refractivity contribution >= 4 is 17.5 Å². The maximum absolute atomic E-state index is 13.2. The highest BCUT2D eigenvalue weighted by Gasteiger charge is 2.16. The number of ketones is 1. The van der Waals surface area contributed by atoms with Crippen LogP contribution in [0, 0.1) is 18.6 Å². The van der Waals surface area contributed by atoms with E-state index in [0.717, 1.165) is 0 Å². The zero-order valence-corrected chi connectivity index (χ0v) is 8.75. The summed E-state index contributed by atoms with van der Waals surface area (Å²) in [6.45, 7) is 1.46. The van der Waals surface area contributed by atoms with Crippen molar-refractivity contribution in [1.29, 1.82) is 0 Å². The van der Waals surface area contributed by atoms with E-state index in [9.17, 15) is 13.6 Å². The highest BCUT2D eigenvalue weighted by Crippen LogP contribution is 2.17. The molecule has 1 rings (SSSR count). The van der Waals surface area contributed by atoms with E-state index in [1.54, 1.807) is 6.26 Å². The maximum Gasteiger partial charge on any atom is 0.175 e. The van der Waals surface area contributed by atoms with Gasteiger partial charge in [-0.05, 0) is 24.8 Å². The van der Waals surface area contributed by atoms with Crippen LogP contribution in [0.25, 0.3) is 0 Å². The average molecular weight is 216 g/mol. The van der Waals surface area contributed by atoms with Gasteiger partial charge in [0, 0.05) is 0 Å². The lowest BCUT2D eigenvalue weighted by Gasteiger charge is -2.03. The third-order valence-corrected chi connectivity index (χ3v) is 2.40. The number of Topliss-reactive ketones (excluding diaryl/α,β-unsaturated/α-hetero) is 1. The van der Waals surface area contributed by atoms with Gasteiger partial charge in [0.2, 0.25) is 0 Å². The van der Waals surface area contributed by atoms with Gasteiger partial charge in [0.1, 0.15) is 0 Å². The van der Waals surface area contributed by atoms with Crippen molar-refractivity contribution in [2.45, 2.75) is 6.92 Å². The molecule has 1 aromatic rings. The molecule has 0 radical (unpaired) electrons. The molecule has 0 bridgehead atoms. The number of hydrogen-bond donors (Lipinski definition) is 0. The number of halogens is 2. The average Bonchev–Trinajstić information content (AvgIpc) is 2.15. The van der Waals surface area contributed by atoms with Gasteiger partial charge >= 0.3 is 0 Å². The minimum absolute atomic E-state index is 0.164. The number of carbonyl (C=O) groups excluding carboxylic acids is 1. The van der Waals surface area contributed by atoms with Crippen LogP contribution in [0.2, 0.25) is 0 Å². The van der Waals surface area contributed by atoms with Gasteiger partial charge in [-0.25, -0.2) is 8.78 Å². The summed E-state index contributed by atoms with van der Waals surface area (Å²) < 4.78 is 26.3. The predicted molar refractivity (Wildman–Crippen MR) is 53.8 cm³/mol. The summed E-state index contributed by atoms with van der Waals surface area (Å²) in [5.41, 5.74) is 0.0469. The van der Waals surface area contributed by atoms with Crippen molar-refractivity contribution in [2.24, 2.45) is 0 Å². The van der Waals surface area contributed by atoms with Gasteiger partial charge in [-0.2, -0.15) is 11.8 Å². The van der Waals surface area contributed by atoms with Crippen molar-refractivity contribution in [2.75, 3.05) is 12.0 Å². The molecule has 0 aromatic heterocycles. The number of rotatable bonds is 3. The largest absolute Gasteiger partial charge is 0.293 e. The zero-order valence-electron chi connectivity index (χ0n) is 7.93. The molecule has 0 aliphatic heterocycles. The Labute approximate surface area is 85.5 Å². The molecule has 0 fully saturated rings. The Morgan fingerprint density at radius 1 is 1.36 bits per heavy atom. The van der Waals surface area contributed by atoms with Crippen molar-refractivity contribution in [1.82, 2.24) is 0 Å². The molecule has 0 heterocycles. The highest BCUT2D eigenvalue weighted by molar-refractivity contribution is 7.99. The fourth-order valence-corrected chi connectivity index (χ4v) is 1.49. The monoisotopic (exact) mass is 216 g/mol. The molecule has 0 saturated heterocycles. The van der Waals surface area contributed by atoms with Crippen LogP contribution < -0.4 is 0 Å². The van der Waals surface area contributed by atoms with Gasteiger partial charge in [-0.15, -0.1) is 0 Å². The lowest BCUT2D eigenvalue weighted by atomic mass is 10.1. The summed E-state index contributed by atoms with van der Waals surface area (Å²) in [4.78, 5) is 11.3. The Morgan fingerprint density at radius 3 is 2.57 bits per heavy atom. The van der Waals surface area contributed by atoms with E-state index in [1.165, 1.54) is 30.8 Å². The van der Waals surface area contributed by atoms with Crippen molar-refractivity contribution in [3.63, 3.8) is 0 Å². The molecule has 0 aliphatic carbocycles. The van der Waals surface area contributed by atoms with Crippen LogP contribution in [0.5, 0.6) is 0 Å². The molecule has 4 heteroatoms.